The molecule has 0 saturated carbocycles. The van der Waals surface area contributed by atoms with Gasteiger partial charge in [0.15, 0.2) is 0 Å². The lowest BCUT2D eigenvalue weighted by atomic mass is 9.98. The third-order valence-corrected chi connectivity index (χ3v) is 3.86. The number of aromatic nitrogens is 1. The maximum atomic E-state index is 13.4. The van der Waals surface area contributed by atoms with Crippen LogP contribution in [0.2, 0.25) is 0 Å². The van der Waals surface area contributed by atoms with Gasteiger partial charge < -0.3 is 14.8 Å². The van der Waals surface area contributed by atoms with Gasteiger partial charge in [0, 0.05) is 19.3 Å². The molecule has 0 aromatic carbocycles. The molecule has 0 radical (unpaired) electrons. The van der Waals surface area contributed by atoms with Gasteiger partial charge in [0.1, 0.15) is 11.4 Å². The molecule has 1 amide bonds. The van der Waals surface area contributed by atoms with Gasteiger partial charge in [-0.2, -0.15) is 0 Å². The van der Waals surface area contributed by atoms with Crippen LogP contribution in [0.4, 0.5) is 4.39 Å². The van der Waals surface area contributed by atoms with Gasteiger partial charge in [-0.3, -0.25) is 4.79 Å². The Balaban J connectivity index is 1.84. The number of hydrogen-bond acceptors (Lipinski definition) is 2. The normalized spacial score (nSPS) is 21.4. The van der Waals surface area contributed by atoms with Gasteiger partial charge in [-0.05, 0) is 31.5 Å². The number of carbonyl (C=O) groups is 1. The standard InChI is InChI=1S/C13H18FN3O/c1-13(14)7-17(8-13)12(18)10-5-9-3-4-15-6-11(9)16(10)2/h5,15H,3-4,6-8H2,1-2H3. The number of amides is 1. The smallest absolute Gasteiger partial charge is 0.270 e. The summed E-state index contributed by atoms with van der Waals surface area (Å²) in [4.78, 5) is 13.8. The molecule has 1 N–H and O–H groups in total. The highest BCUT2D eigenvalue weighted by Crippen LogP contribution is 2.27. The Kier molecular flexibility index (Phi) is 2.48. The molecule has 0 bridgehead atoms. The van der Waals surface area contributed by atoms with Crippen molar-refractivity contribution in [1.29, 1.82) is 0 Å². The third kappa shape index (κ3) is 1.73. The fourth-order valence-corrected chi connectivity index (χ4v) is 2.84. The summed E-state index contributed by atoms with van der Waals surface area (Å²) in [6.07, 6.45) is 0.956. The first-order valence-corrected chi connectivity index (χ1v) is 6.34. The van der Waals surface area contributed by atoms with Crippen LogP contribution in [0.15, 0.2) is 6.07 Å². The number of nitrogens with zero attached hydrogens (tertiary/aromatic N) is 2. The molecule has 2 aliphatic rings. The number of hydrogen-bond donors (Lipinski definition) is 1. The summed E-state index contributed by atoms with van der Waals surface area (Å²) < 4.78 is 15.4. The van der Waals surface area contributed by atoms with Crippen molar-refractivity contribution in [3.8, 4) is 0 Å². The van der Waals surface area contributed by atoms with Crippen molar-refractivity contribution >= 4 is 5.91 Å². The fourth-order valence-electron chi connectivity index (χ4n) is 2.84. The van der Waals surface area contributed by atoms with E-state index in [9.17, 15) is 9.18 Å². The Bertz CT molecular complexity index is 499. The van der Waals surface area contributed by atoms with Crippen molar-refractivity contribution < 1.29 is 9.18 Å². The molecular weight excluding hydrogens is 233 g/mol. The SMILES string of the molecule is Cn1c(C(=O)N2CC(C)(F)C2)cc2c1CNCC2. The van der Waals surface area contributed by atoms with E-state index in [4.69, 9.17) is 0 Å². The van der Waals surface area contributed by atoms with Crippen LogP contribution < -0.4 is 5.32 Å². The second-order valence-corrected chi connectivity index (χ2v) is 5.56. The Hall–Kier alpha value is -1.36. The van der Waals surface area contributed by atoms with Crippen LogP contribution in [-0.2, 0) is 20.0 Å². The van der Waals surface area contributed by atoms with Crippen LogP contribution in [0.3, 0.4) is 0 Å². The van der Waals surface area contributed by atoms with E-state index in [-0.39, 0.29) is 19.0 Å². The zero-order chi connectivity index (χ0) is 12.9. The second-order valence-electron chi connectivity index (χ2n) is 5.56. The van der Waals surface area contributed by atoms with E-state index in [0.717, 1.165) is 19.5 Å². The first kappa shape index (κ1) is 11.7. The van der Waals surface area contributed by atoms with E-state index >= 15 is 0 Å². The Labute approximate surface area is 106 Å². The van der Waals surface area contributed by atoms with Crippen LogP contribution in [-0.4, -0.2) is 40.7 Å². The van der Waals surface area contributed by atoms with Crippen LogP contribution in [0.1, 0.15) is 28.7 Å². The number of carbonyl (C=O) groups excluding carboxylic acids is 1. The average Bonchev–Trinajstić information content (AvgIpc) is 2.63. The number of likely N-dealkylation sites (tertiary alicyclic amines) is 1. The van der Waals surface area contributed by atoms with Crippen molar-refractivity contribution in [1.82, 2.24) is 14.8 Å². The highest BCUT2D eigenvalue weighted by atomic mass is 19.1. The highest BCUT2D eigenvalue weighted by molar-refractivity contribution is 5.94. The molecule has 0 atom stereocenters. The van der Waals surface area contributed by atoms with E-state index < -0.39 is 5.67 Å². The molecule has 5 heteroatoms. The molecule has 1 saturated heterocycles. The molecule has 1 fully saturated rings. The van der Waals surface area contributed by atoms with E-state index in [1.54, 1.807) is 4.90 Å². The van der Waals surface area contributed by atoms with E-state index in [0.29, 0.717) is 5.69 Å². The summed E-state index contributed by atoms with van der Waals surface area (Å²) in [5.41, 5.74) is 1.89. The van der Waals surface area contributed by atoms with Crippen LogP contribution in [0.25, 0.3) is 0 Å². The molecule has 1 aromatic rings. The molecule has 98 valence electrons. The van der Waals surface area contributed by atoms with Gasteiger partial charge in [-0.1, -0.05) is 0 Å². The lowest BCUT2D eigenvalue weighted by Gasteiger charge is -2.42. The van der Waals surface area contributed by atoms with Gasteiger partial charge in [-0.15, -0.1) is 0 Å². The summed E-state index contributed by atoms with van der Waals surface area (Å²) in [5, 5.41) is 3.30. The predicted molar refractivity (Wildman–Crippen MR) is 66.2 cm³/mol. The monoisotopic (exact) mass is 251 g/mol. The molecular formula is C13H18FN3O. The second kappa shape index (κ2) is 3.82. The minimum absolute atomic E-state index is 0.0537. The quantitative estimate of drug-likeness (QED) is 0.803. The summed E-state index contributed by atoms with van der Waals surface area (Å²) in [6, 6.07) is 1.96. The largest absolute Gasteiger partial charge is 0.342 e. The molecule has 0 spiro atoms. The molecule has 3 heterocycles. The third-order valence-electron chi connectivity index (χ3n) is 3.86. The van der Waals surface area contributed by atoms with Crippen LogP contribution in [0.5, 0.6) is 0 Å². The maximum Gasteiger partial charge on any atom is 0.270 e. The van der Waals surface area contributed by atoms with Crippen molar-refractivity contribution in [2.45, 2.75) is 25.6 Å². The molecule has 3 rings (SSSR count). The van der Waals surface area contributed by atoms with Gasteiger partial charge in [0.05, 0.1) is 13.1 Å². The van der Waals surface area contributed by atoms with Crippen LogP contribution in [0, 0.1) is 0 Å². The number of rotatable bonds is 1. The number of fused-ring (bicyclic) bond motifs is 1. The average molecular weight is 251 g/mol. The van der Waals surface area contributed by atoms with E-state index in [1.165, 1.54) is 18.2 Å². The van der Waals surface area contributed by atoms with Crippen molar-refractivity contribution in [3.63, 3.8) is 0 Å². The summed E-state index contributed by atoms with van der Waals surface area (Å²) in [5.74, 6) is -0.0537. The first-order chi connectivity index (χ1) is 8.48. The van der Waals surface area contributed by atoms with Crippen molar-refractivity contribution in [3.05, 3.63) is 23.0 Å². The molecule has 18 heavy (non-hydrogen) atoms. The van der Waals surface area contributed by atoms with Crippen molar-refractivity contribution in [2.24, 2.45) is 7.05 Å². The Morgan fingerprint density at radius 2 is 2.22 bits per heavy atom. The number of alkyl halides is 1. The fraction of sp³-hybridized carbons (Fsp3) is 0.615. The lowest BCUT2D eigenvalue weighted by Crippen LogP contribution is -2.59. The summed E-state index contributed by atoms with van der Waals surface area (Å²) in [7, 11) is 1.91. The lowest BCUT2D eigenvalue weighted by molar-refractivity contribution is -0.00847. The molecule has 1 aromatic heterocycles. The van der Waals surface area contributed by atoms with Gasteiger partial charge in [0.25, 0.3) is 5.91 Å². The predicted octanol–water partition coefficient (Wildman–Crippen LogP) is 0.855. The minimum atomic E-state index is -1.21. The summed E-state index contributed by atoms with van der Waals surface area (Å²) >= 11 is 0. The first-order valence-electron chi connectivity index (χ1n) is 6.34. The Morgan fingerprint density at radius 1 is 1.50 bits per heavy atom. The Morgan fingerprint density at radius 3 is 2.83 bits per heavy atom. The topological polar surface area (TPSA) is 37.3 Å². The molecule has 0 unspecified atom stereocenters. The van der Waals surface area contributed by atoms with Crippen LogP contribution >= 0.6 is 0 Å². The molecule has 4 nitrogen and oxygen atoms in total. The minimum Gasteiger partial charge on any atom is -0.342 e. The molecule has 2 aliphatic heterocycles. The highest BCUT2D eigenvalue weighted by Gasteiger charge is 2.42. The van der Waals surface area contributed by atoms with E-state index in [1.807, 2.05) is 17.7 Å². The van der Waals surface area contributed by atoms with Crippen molar-refractivity contribution in [2.75, 3.05) is 19.6 Å². The van der Waals surface area contributed by atoms with E-state index in [2.05, 4.69) is 5.32 Å². The zero-order valence-electron chi connectivity index (χ0n) is 10.8. The maximum absolute atomic E-state index is 13.4. The molecule has 0 aliphatic carbocycles. The van der Waals surface area contributed by atoms with Gasteiger partial charge in [0.2, 0.25) is 0 Å². The van der Waals surface area contributed by atoms with Gasteiger partial charge >= 0.3 is 0 Å². The summed E-state index contributed by atoms with van der Waals surface area (Å²) in [6.45, 7) is 3.72. The number of halogens is 1. The number of nitrogens with one attached hydrogen (secondary N) is 1. The van der Waals surface area contributed by atoms with Gasteiger partial charge in [-0.25, -0.2) is 4.39 Å². The zero-order valence-corrected chi connectivity index (χ0v) is 10.8.